The van der Waals surface area contributed by atoms with Crippen LogP contribution in [0.25, 0.3) is 6.08 Å². The second kappa shape index (κ2) is 8.56. The van der Waals surface area contributed by atoms with E-state index in [1.54, 1.807) is 23.1 Å². The molecule has 0 radical (unpaired) electrons. The van der Waals surface area contributed by atoms with Crippen molar-refractivity contribution in [2.75, 3.05) is 11.5 Å². The van der Waals surface area contributed by atoms with Gasteiger partial charge in [-0.15, -0.1) is 0 Å². The summed E-state index contributed by atoms with van der Waals surface area (Å²) in [5.74, 6) is 1.21. The van der Waals surface area contributed by atoms with Gasteiger partial charge in [-0.1, -0.05) is 53.6 Å². The largest absolute Gasteiger partial charge is 0.494 e. The Kier molecular flexibility index (Phi) is 5.68. The number of rotatable bonds is 5. The number of carbonyl (C=O) groups excluding carboxylic acids is 1. The van der Waals surface area contributed by atoms with Crippen molar-refractivity contribution in [3.05, 3.63) is 100 Å². The highest BCUT2D eigenvalue weighted by molar-refractivity contribution is 6.33. The molecule has 0 bridgehead atoms. The number of carbonyl (C=O) groups is 1. The average Bonchev–Trinajstić information content (AvgIpc) is 3.07. The molecule has 0 fully saturated rings. The standard InChI is InChI=1S/C25H21ClN2O2/c1-3-30-22-14-6-18(7-15-22)16-23-25(29)28(21-12-10-20(26)11-13-21)24(27-23)19-8-4-17(2)5-9-19/h4-16H,3H2,1-2H3/b23-16+. The normalized spacial score (nSPS) is 14.9. The van der Waals surface area contributed by atoms with E-state index in [1.807, 2.05) is 74.5 Å². The number of ether oxygens (including phenoxy) is 1. The van der Waals surface area contributed by atoms with Crippen molar-refractivity contribution >= 4 is 35.1 Å². The van der Waals surface area contributed by atoms with Gasteiger partial charge in [0.25, 0.3) is 5.91 Å². The van der Waals surface area contributed by atoms with E-state index in [-0.39, 0.29) is 5.91 Å². The molecule has 0 atom stereocenters. The highest BCUT2D eigenvalue weighted by Gasteiger charge is 2.32. The number of halogens is 1. The quantitative estimate of drug-likeness (QED) is 0.487. The number of amides is 1. The van der Waals surface area contributed by atoms with Crippen molar-refractivity contribution in [1.82, 2.24) is 0 Å². The van der Waals surface area contributed by atoms with Gasteiger partial charge in [0.05, 0.1) is 12.3 Å². The van der Waals surface area contributed by atoms with Crippen LogP contribution < -0.4 is 9.64 Å². The first kappa shape index (κ1) is 19.9. The molecule has 0 saturated heterocycles. The van der Waals surface area contributed by atoms with Crippen molar-refractivity contribution in [2.24, 2.45) is 4.99 Å². The van der Waals surface area contributed by atoms with Crippen molar-refractivity contribution in [3.63, 3.8) is 0 Å². The summed E-state index contributed by atoms with van der Waals surface area (Å²) in [6.07, 6.45) is 1.79. The predicted molar refractivity (Wildman–Crippen MR) is 122 cm³/mol. The Bertz CT molecular complexity index is 1120. The molecule has 0 spiro atoms. The van der Waals surface area contributed by atoms with Gasteiger partial charge in [-0.25, -0.2) is 4.99 Å². The minimum absolute atomic E-state index is 0.179. The van der Waals surface area contributed by atoms with Crippen LogP contribution in [0.2, 0.25) is 5.02 Å². The maximum atomic E-state index is 13.3. The molecule has 0 aromatic heterocycles. The highest BCUT2D eigenvalue weighted by atomic mass is 35.5. The first-order valence-electron chi connectivity index (χ1n) is 9.75. The van der Waals surface area contributed by atoms with Crippen LogP contribution in [0.1, 0.15) is 23.6 Å². The molecule has 1 aliphatic heterocycles. The number of hydrogen-bond acceptors (Lipinski definition) is 3. The monoisotopic (exact) mass is 416 g/mol. The van der Waals surface area contributed by atoms with E-state index in [0.717, 1.165) is 28.1 Å². The topological polar surface area (TPSA) is 41.9 Å². The van der Waals surface area contributed by atoms with Crippen LogP contribution in [0, 0.1) is 6.92 Å². The molecule has 1 heterocycles. The van der Waals surface area contributed by atoms with Crippen LogP contribution in [-0.2, 0) is 4.79 Å². The summed E-state index contributed by atoms with van der Waals surface area (Å²) in [6.45, 7) is 4.58. The van der Waals surface area contributed by atoms with Crippen molar-refractivity contribution in [3.8, 4) is 5.75 Å². The molecule has 5 heteroatoms. The van der Waals surface area contributed by atoms with Crippen LogP contribution >= 0.6 is 11.6 Å². The first-order chi connectivity index (χ1) is 14.5. The minimum atomic E-state index is -0.179. The van der Waals surface area contributed by atoms with Crippen LogP contribution in [0.3, 0.4) is 0 Å². The summed E-state index contributed by atoms with van der Waals surface area (Å²) in [5.41, 5.74) is 4.00. The summed E-state index contributed by atoms with van der Waals surface area (Å²) in [5, 5.41) is 0.615. The lowest BCUT2D eigenvalue weighted by atomic mass is 10.1. The van der Waals surface area contributed by atoms with Gasteiger partial charge in [0, 0.05) is 10.6 Å². The Hall–Kier alpha value is -3.37. The molecular weight excluding hydrogens is 396 g/mol. The second-order valence-corrected chi connectivity index (χ2v) is 7.39. The van der Waals surface area contributed by atoms with E-state index >= 15 is 0 Å². The number of benzene rings is 3. The lowest BCUT2D eigenvalue weighted by Gasteiger charge is -2.18. The van der Waals surface area contributed by atoms with Crippen LogP contribution in [0.15, 0.2) is 83.5 Å². The Morgan fingerprint density at radius 1 is 0.967 bits per heavy atom. The third-order valence-electron chi connectivity index (χ3n) is 4.75. The molecule has 4 nitrogen and oxygen atoms in total. The smallest absolute Gasteiger partial charge is 0.282 e. The lowest BCUT2D eigenvalue weighted by molar-refractivity contribution is -0.113. The number of nitrogens with zero attached hydrogens (tertiary/aromatic N) is 2. The fraction of sp³-hybridized carbons (Fsp3) is 0.120. The third kappa shape index (κ3) is 4.14. The van der Waals surface area contributed by atoms with Gasteiger partial charge >= 0.3 is 0 Å². The number of amidine groups is 1. The summed E-state index contributed by atoms with van der Waals surface area (Å²) < 4.78 is 5.49. The van der Waals surface area contributed by atoms with Gasteiger partial charge < -0.3 is 4.74 Å². The molecule has 0 aliphatic carbocycles. The molecular formula is C25H21ClN2O2. The third-order valence-corrected chi connectivity index (χ3v) is 5.00. The number of aryl methyl sites for hydroxylation is 1. The summed E-state index contributed by atoms with van der Waals surface area (Å²) >= 11 is 6.04. The van der Waals surface area contributed by atoms with E-state index < -0.39 is 0 Å². The highest BCUT2D eigenvalue weighted by Crippen LogP contribution is 2.29. The Balaban J connectivity index is 1.75. The lowest BCUT2D eigenvalue weighted by Crippen LogP contribution is -2.32. The fourth-order valence-corrected chi connectivity index (χ4v) is 3.35. The van der Waals surface area contributed by atoms with Crippen LogP contribution in [-0.4, -0.2) is 18.3 Å². The summed E-state index contributed by atoms with van der Waals surface area (Å²) in [7, 11) is 0. The van der Waals surface area contributed by atoms with Crippen molar-refractivity contribution in [2.45, 2.75) is 13.8 Å². The molecule has 0 N–H and O–H groups in total. The average molecular weight is 417 g/mol. The van der Waals surface area contributed by atoms with Crippen molar-refractivity contribution in [1.29, 1.82) is 0 Å². The van der Waals surface area contributed by atoms with Gasteiger partial charge in [0.2, 0.25) is 0 Å². The van der Waals surface area contributed by atoms with E-state index in [4.69, 9.17) is 21.3 Å². The molecule has 0 unspecified atom stereocenters. The number of aliphatic imine (C=N–C) groups is 1. The van der Waals surface area contributed by atoms with E-state index in [0.29, 0.717) is 23.2 Å². The van der Waals surface area contributed by atoms with Gasteiger partial charge in [0.15, 0.2) is 0 Å². The number of hydrogen-bond donors (Lipinski definition) is 0. The van der Waals surface area contributed by atoms with Gasteiger partial charge in [-0.2, -0.15) is 0 Å². The maximum Gasteiger partial charge on any atom is 0.282 e. The first-order valence-corrected chi connectivity index (χ1v) is 10.1. The fourth-order valence-electron chi connectivity index (χ4n) is 3.23. The Labute approximate surface area is 181 Å². The zero-order chi connectivity index (χ0) is 21.1. The number of anilines is 1. The molecule has 1 amide bonds. The minimum Gasteiger partial charge on any atom is -0.494 e. The Morgan fingerprint density at radius 2 is 1.63 bits per heavy atom. The molecule has 1 aliphatic rings. The molecule has 4 rings (SSSR count). The zero-order valence-corrected chi connectivity index (χ0v) is 17.6. The van der Waals surface area contributed by atoms with E-state index in [1.165, 1.54) is 0 Å². The molecule has 150 valence electrons. The Morgan fingerprint density at radius 3 is 2.27 bits per heavy atom. The molecule has 3 aromatic rings. The molecule has 3 aromatic carbocycles. The summed E-state index contributed by atoms with van der Waals surface area (Å²) in [6, 6.07) is 22.8. The maximum absolute atomic E-state index is 13.3. The van der Waals surface area contributed by atoms with Crippen LogP contribution in [0.5, 0.6) is 5.75 Å². The zero-order valence-electron chi connectivity index (χ0n) is 16.8. The van der Waals surface area contributed by atoms with Gasteiger partial charge in [0.1, 0.15) is 17.3 Å². The summed E-state index contributed by atoms with van der Waals surface area (Å²) in [4.78, 5) is 19.6. The van der Waals surface area contributed by atoms with Gasteiger partial charge in [-0.05, 0) is 61.9 Å². The molecule has 30 heavy (non-hydrogen) atoms. The van der Waals surface area contributed by atoms with Gasteiger partial charge in [-0.3, -0.25) is 9.69 Å². The second-order valence-electron chi connectivity index (χ2n) is 6.95. The predicted octanol–water partition coefficient (Wildman–Crippen LogP) is 5.88. The van der Waals surface area contributed by atoms with E-state index in [2.05, 4.69) is 0 Å². The van der Waals surface area contributed by atoms with E-state index in [9.17, 15) is 4.79 Å². The van der Waals surface area contributed by atoms with Crippen LogP contribution in [0.4, 0.5) is 5.69 Å². The SMILES string of the molecule is CCOc1ccc(/C=C2/N=C(c3ccc(C)cc3)N(c3ccc(Cl)cc3)C2=O)cc1. The molecule has 0 saturated carbocycles. The van der Waals surface area contributed by atoms with Crippen molar-refractivity contribution < 1.29 is 9.53 Å².